The van der Waals surface area contributed by atoms with Crippen molar-refractivity contribution in [1.29, 1.82) is 0 Å². The molecule has 1 aliphatic heterocycles. The van der Waals surface area contributed by atoms with Crippen molar-refractivity contribution in [3.63, 3.8) is 0 Å². The average molecular weight is 294 g/mol. The zero-order valence-corrected chi connectivity index (χ0v) is 13.9. The van der Waals surface area contributed by atoms with Crippen molar-refractivity contribution in [2.24, 2.45) is 22.7 Å². The minimum Gasteiger partial charge on any atom is -0.458 e. The Morgan fingerprint density at radius 3 is 2.71 bits per heavy atom. The van der Waals surface area contributed by atoms with Crippen molar-refractivity contribution >= 4 is 5.97 Å². The predicted molar refractivity (Wildman–Crippen MR) is 81.7 cm³/mol. The fourth-order valence-corrected chi connectivity index (χ4v) is 5.70. The maximum Gasteiger partial charge on any atom is 0.312 e. The first-order chi connectivity index (χ1) is 9.76. The lowest BCUT2D eigenvalue weighted by atomic mass is 9.46. The van der Waals surface area contributed by atoms with E-state index in [0.717, 1.165) is 38.5 Å². The summed E-state index contributed by atoms with van der Waals surface area (Å²) in [6.07, 6.45) is 6.85. The molecular weight excluding hydrogens is 264 g/mol. The zero-order chi connectivity index (χ0) is 15.5. The molecule has 3 heteroatoms. The Kier molecular flexibility index (Phi) is 3.44. The van der Waals surface area contributed by atoms with Crippen molar-refractivity contribution in [2.45, 2.75) is 84.3 Å². The highest BCUT2D eigenvalue weighted by Crippen LogP contribution is 2.68. The van der Waals surface area contributed by atoms with Crippen LogP contribution in [-0.4, -0.2) is 22.8 Å². The standard InChI is InChI=1S/C18H30O3/c1-12-6-7-14-16(3)9-5-10-18(14,21-15(16)20)17(12,4)11-8-13(2)19/h12-14,19H,5-11H2,1-4H3/t12-,13?,14+,16+,17+,18-/m1/s1. The number of ether oxygens (including phenoxy) is 1. The summed E-state index contributed by atoms with van der Waals surface area (Å²) in [7, 11) is 0. The third-order valence-electron chi connectivity index (χ3n) is 7.34. The maximum atomic E-state index is 12.6. The summed E-state index contributed by atoms with van der Waals surface area (Å²) in [6.45, 7) is 8.62. The van der Waals surface area contributed by atoms with Gasteiger partial charge in [-0.25, -0.2) is 0 Å². The monoisotopic (exact) mass is 294 g/mol. The van der Waals surface area contributed by atoms with Crippen LogP contribution in [0.1, 0.15) is 72.6 Å². The van der Waals surface area contributed by atoms with Gasteiger partial charge in [-0.1, -0.05) is 13.8 Å². The Balaban J connectivity index is 2.01. The second kappa shape index (κ2) is 4.71. The van der Waals surface area contributed by atoms with E-state index in [1.54, 1.807) is 0 Å². The molecule has 6 atom stereocenters. The third kappa shape index (κ3) is 1.85. The number of aliphatic hydroxyl groups excluding tert-OH is 1. The smallest absolute Gasteiger partial charge is 0.312 e. The minimum absolute atomic E-state index is 0.000741. The van der Waals surface area contributed by atoms with Gasteiger partial charge in [0.15, 0.2) is 0 Å². The van der Waals surface area contributed by atoms with E-state index in [2.05, 4.69) is 20.8 Å². The second-order valence-electron chi connectivity index (χ2n) is 8.39. The molecule has 2 bridgehead atoms. The minimum atomic E-state index is -0.280. The van der Waals surface area contributed by atoms with Crippen LogP contribution in [0.5, 0.6) is 0 Å². The molecule has 2 aliphatic carbocycles. The second-order valence-corrected chi connectivity index (χ2v) is 8.39. The van der Waals surface area contributed by atoms with Gasteiger partial charge >= 0.3 is 5.97 Å². The van der Waals surface area contributed by atoms with Crippen molar-refractivity contribution in [3.8, 4) is 0 Å². The highest BCUT2D eigenvalue weighted by atomic mass is 16.6. The average Bonchev–Trinajstić information content (AvgIpc) is 2.53. The third-order valence-corrected chi connectivity index (χ3v) is 7.34. The van der Waals surface area contributed by atoms with E-state index in [9.17, 15) is 9.90 Å². The highest BCUT2D eigenvalue weighted by molar-refractivity contribution is 5.80. The molecule has 0 aromatic carbocycles. The summed E-state index contributed by atoms with van der Waals surface area (Å²) in [5.74, 6) is 0.963. The van der Waals surface area contributed by atoms with Gasteiger partial charge in [0.1, 0.15) is 5.60 Å². The number of carbonyl (C=O) groups is 1. The predicted octanol–water partition coefficient (Wildman–Crippen LogP) is 3.69. The Labute approximate surface area is 128 Å². The summed E-state index contributed by atoms with van der Waals surface area (Å²) in [6, 6.07) is 0. The SMILES string of the molecule is CC(O)CC[C@@]1(C)[C@H](C)CC[C@H]2[C@]3(C)CCC[C@@]21OC3=O. The van der Waals surface area contributed by atoms with E-state index in [1.165, 1.54) is 6.42 Å². The zero-order valence-electron chi connectivity index (χ0n) is 13.9. The lowest BCUT2D eigenvalue weighted by molar-refractivity contribution is -0.188. The molecule has 1 saturated heterocycles. The summed E-state index contributed by atoms with van der Waals surface area (Å²) in [5, 5.41) is 9.74. The van der Waals surface area contributed by atoms with E-state index in [0.29, 0.717) is 11.8 Å². The van der Waals surface area contributed by atoms with Gasteiger partial charge in [0.25, 0.3) is 0 Å². The van der Waals surface area contributed by atoms with Gasteiger partial charge in [0.05, 0.1) is 11.5 Å². The Morgan fingerprint density at radius 2 is 2.05 bits per heavy atom. The molecule has 2 saturated carbocycles. The van der Waals surface area contributed by atoms with Crippen LogP contribution in [0, 0.1) is 22.7 Å². The van der Waals surface area contributed by atoms with Gasteiger partial charge in [-0.05, 0) is 64.7 Å². The summed E-state index contributed by atoms with van der Waals surface area (Å²) >= 11 is 0. The molecule has 3 nitrogen and oxygen atoms in total. The number of hydrogen-bond acceptors (Lipinski definition) is 3. The highest BCUT2D eigenvalue weighted by Gasteiger charge is 2.72. The molecule has 1 N–H and O–H groups in total. The lowest BCUT2D eigenvalue weighted by Crippen LogP contribution is -2.60. The van der Waals surface area contributed by atoms with Crippen LogP contribution < -0.4 is 0 Å². The molecule has 120 valence electrons. The number of aliphatic hydroxyl groups is 1. The molecule has 21 heavy (non-hydrogen) atoms. The Bertz CT molecular complexity index is 446. The van der Waals surface area contributed by atoms with E-state index < -0.39 is 0 Å². The number of rotatable bonds is 3. The van der Waals surface area contributed by atoms with Gasteiger partial charge in [-0.2, -0.15) is 0 Å². The normalized spacial score (nSPS) is 50.4. The molecule has 0 radical (unpaired) electrons. The first-order valence-electron chi connectivity index (χ1n) is 8.68. The van der Waals surface area contributed by atoms with Gasteiger partial charge in [0, 0.05) is 11.3 Å². The van der Waals surface area contributed by atoms with E-state index in [1.807, 2.05) is 6.92 Å². The van der Waals surface area contributed by atoms with Crippen LogP contribution in [0.4, 0.5) is 0 Å². The summed E-state index contributed by atoms with van der Waals surface area (Å²) in [4.78, 5) is 12.6. The number of esters is 1. The van der Waals surface area contributed by atoms with Crippen LogP contribution >= 0.6 is 0 Å². The molecule has 3 rings (SSSR count). The molecule has 0 aromatic rings. The molecular formula is C18H30O3. The van der Waals surface area contributed by atoms with Crippen molar-refractivity contribution in [1.82, 2.24) is 0 Å². The van der Waals surface area contributed by atoms with Crippen molar-refractivity contribution in [3.05, 3.63) is 0 Å². The van der Waals surface area contributed by atoms with E-state index in [-0.39, 0.29) is 28.5 Å². The fraction of sp³-hybridized carbons (Fsp3) is 0.944. The Morgan fingerprint density at radius 1 is 1.33 bits per heavy atom. The van der Waals surface area contributed by atoms with Gasteiger partial charge in [0.2, 0.25) is 0 Å². The molecule has 0 amide bonds. The summed E-state index contributed by atoms with van der Waals surface area (Å²) in [5.41, 5.74) is -0.533. The van der Waals surface area contributed by atoms with Gasteiger partial charge in [-0.3, -0.25) is 4.79 Å². The van der Waals surface area contributed by atoms with Crippen LogP contribution in [0.2, 0.25) is 0 Å². The molecule has 0 aromatic heterocycles. The Hall–Kier alpha value is -0.570. The van der Waals surface area contributed by atoms with Crippen LogP contribution in [0.15, 0.2) is 0 Å². The van der Waals surface area contributed by atoms with Crippen molar-refractivity contribution < 1.29 is 14.6 Å². The van der Waals surface area contributed by atoms with Gasteiger partial charge < -0.3 is 9.84 Å². The molecule has 1 unspecified atom stereocenters. The van der Waals surface area contributed by atoms with Crippen LogP contribution in [0.3, 0.4) is 0 Å². The molecule has 1 heterocycles. The molecule has 0 spiro atoms. The first-order valence-corrected chi connectivity index (χ1v) is 8.68. The molecule has 3 aliphatic rings. The van der Waals surface area contributed by atoms with Crippen molar-refractivity contribution in [2.75, 3.05) is 0 Å². The fourth-order valence-electron chi connectivity index (χ4n) is 5.70. The number of carbonyl (C=O) groups excluding carboxylic acids is 1. The number of hydrogen-bond donors (Lipinski definition) is 1. The first kappa shape index (κ1) is 15.3. The van der Waals surface area contributed by atoms with E-state index >= 15 is 0 Å². The van der Waals surface area contributed by atoms with E-state index in [4.69, 9.17) is 4.74 Å². The maximum absolute atomic E-state index is 12.6. The molecule has 3 fully saturated rings. The van der Waals surface area contributed by atoms with Gasteiger partial charge in [-0.15, -0.1) is 0 Å². The van der Waals surface area contributed by atoms with Crippen LogP contribution in [-0.2, 0) is 9.53 Å². The van der Waals surface area contributed by atoms with Crippen LogP contribution in [0.25, 0.3) is 0 Å². The summed E-state index contributed by atoms with van der Waals surface area (Å²) < 4.78 is 6.18. The largest absolute Gasteiger partial charge is 0.458 e. The lowest BCUT2D eigenvalue weighted by Gasteiger charge is -2.58. The topological polar surface area (TPSA) is 46.5 Å². The quantitative estimate of drug-likeness (QED) is 0.808.